The molecule has 1 rings (SSSR count). The Labute approximate surface area is 86.2 Å². The summed E-state index contributed by atoms with van der Waals surface area (Å²) in [5, 5.41) is 0. The first-order chi connectivity index (χ1) is 6.08. The maximum atomic E-state index is 5.58. The second-order valence-electron chi connectivity index (χ2n) is 4.60. The molecule has 0 aromatic heterocycles. The van der Waals surface area contributed by atoms with E-state index in [9.17, 15) is 0 Å². The van der Waals surface area contributed by atoms with Crippen molar-refractivity contribution in [3.8, 4) is 0 Å². The molecule has 13 heavy (non-hydrogen) atoms. The third-order valence-corrected chi connectivity index (χ3v) is 4.13. The number of hydrogen-bond donors (Lipinski definition) is 1. The van der Waals surface area contributed by atoms with Crippen molar-refractivity contribution in [2.24, 2.45) is 11.1 Å². The highest BCUT2D eigenvalue weighted by atomic mass is 32.2. The lowest BCUT2D eigenvalue weighted by atomic mass is 9.81. The van der Waals surface area contributed by atoms with Crippen LogP contribution in [0.4, 0.5) is 0 Å². The van der Waals surface area contributed by atoms with E-state index in [2.05, 4.69) is 37.6 Å². The van der Waals surface area contributed by atoms with Crippen molar-refractivity contribution in [2.45, 2.75) is 26.3 Å². The van der Waals surface area contributed by atoms with Crippen molar-refractivity contribution < 1.29 is 0 Å². The monoisotopic (exact) mass is 202 g/mol. The molecule has 78 valence electrons. The van der Waals surface area contributed by atoms with E-state index in [0.29, 0.717) is 11.5 Å². The molecule has 3 heteroatoms. The van der Waals surface area contributed by atoms with E-state index in [-0.39, 0.29) is 0 Å². The number of rotatable bonds is 3. The number of nitrogens with zero attached hydrogens (tertiary/aromatic N) is 1. The van der Waals surface area contributed by atoms with Crippen LogP contribution < -0.4 is 5.73 Å². The van der Waals surface area contributed by atoms with E-state index in [1.165, 1.54) is 17.9 Å². The van der Waals surface area contributed by atoms with Crippen LogP contribution in [-0.4, -0.2) is 42.6 Å². The molecule has 1 heterocycles. The van der Waals surface area contributed by atoms with Crippen molar-refractivity contribution in [1.29, 1.82) is 0 Å². The maximum Gasteiger partial charge on any atom is 0.0235 e. The quantitative estimate of drug-likeness (QED) is 0.750. The van der Waals surface area contributed by atoms with Gasteiger partial charge in [0.1, 0.15) is 0 Å². The Morgan fingerprint density at radius 3 is 2.77 bits per heavy atom. The molecule has 0 spiro atoms. The van der Waals surface area contributed by atoms with E-state index < -0.39 is 0 Å². The van der Waals surface area contributed by atoms with Crippen LogP contribution in [0.15, 0.2) is 0 Å². The molecule has 0 amide bonds. The summed E-state index contributed by atoms with van der Waals surface area (Å²) in [5.41, 5.74) is 6.04. The number of hydrogen-bond acceptors (Lipinski definition) is 3. The van der Waals surface area contributed by atoms with Crippen molar-refractivity contribution in [2.75, 3.05) is 31.6 Å². The van der Waals surface area contributed by atoms with Crippen LogP contribution in [0.1, 0.15) is 20.3 Å². The molecule has 1 fully saturated rings. The largest absolute Gasteiger partial charge is 0.329 e. The predicted molar refractivity (Wildman–Crippen MR) is 61.2 cm³/mol. The maximum absolute atomic E-state index is 5.58. The zero-order chi connectivity index (χ0) is 9.90. The zero-order valence-electron chi connectivity index (χ0n) is 9.05. The standard InChI is InChI=1S/C10H22N2S/c1-10(2)4-7-13-8-9(10)12(3)6-5-11/h9H,4-8,11H2,1-3H3. The zero-order valence-corrected chi connectivity index (χ0v) is 9.86. The fourth-order valence-corrected chi connectivity index (χ4v) is 3.77. The first kappa shape index (κ1) is 11.3. The Morgan fingerprint density at radius 2 is 2.23 bits per heavy atom. The Hall–Kier alpha value is 0.270. The summed E-state index contributed by atoms with van der Waals surface area (Å²) in [6.45, 7) is 6.55. The minimum atomic E-state index is 0.467. The Balaban J connectivity index is 2.54. The molecule has 0 aromatic carbocycles. The highest BCUT2D eigenvalue weighted by Crippen LogP contribution is 2.36. The molecule has 1 saturated heterocycles. The van der Waals surface area contributed by atoms with Crippen LogP contribution in [-0.2, 0) is 0 Å². The SMILES string of the molecule is CN(CCN)C1CSCCC1(C)C. The summed E-state index contributed by atoms with van der Waals surface area (Å²) in [4.78, 5) is 2.42. The van der Waals surface area contributed by atoms with Gasteiger partial charge >= 0.3 is 0 Å². The Kier molecular flexibility index (Phi) is 4.07. The highest BCUT2D eigenvalue weighted by Gasteiger charge is 2.34. The van der Waals surface area contributed by atoms with Gasteiger partial charge in [-0.15, -0.1) is 0 Å². The van der Waals surface area contributed by atoms with E-state index in [1.807, 2.05) is 0 Å². The fraction of sp³-hybridized carbons (Fsp3) is 1.00. The summed E-state index contributed by atoms with van der Waals surface area (Å²) in [6.07, 6.45) is 1.33. The Morgan fingerprint density at radius 1 is 1.54 bits per heavy atom. The van der Waals surface area contributed by atoms with E-state index >= 15 is 0 Å². The lowest BCUT2D eigenvalue weighted by molar-refractivity contribution is 0.125. The van der Waals surface area contributed by atoms with E-state index in [4.69, 9.17) is 5.73 Å². The lowest BCUT2D eigenvalue weighted by Gasteiger charge is -2.43. The van der Waals surface area contributed by atoms with Crippen molar-refractivity contribution in [1.82, 2.24) is 4.90 Å². The molecule has 2 N–H and O–H groups in total. The first-order valence-electron chi connectivity index (χ1n) is 5.06. The van der Waals surface area contributed by atoms with Gasteiger partial charge in [0.05, 0.1) is 0 Å². The summed E-state index contributed by atoms with van der Waals surface area (Å²) >= 11 is 2.08. The molecule has 0 saturated carbocycles. The van der Waals surface area contributed by atoms with Crippen LogP contribution in [0.25, 0.3) is 0 Å². The van der Waals surface area contributed by atoms with Crippen LogP contribution >= 0.6 is 11.8 Å². The van der Waals surface area contributed by atoms with Gasteiger partial charge in [-0.05, 0) is 24.6 Å². The van der Waals surface area contributed by atoms with Gasteiger partial charge in [0, 0.05) is 24.9 Å². The molecule has 0 aliphatic carbocycles. The Bertz CT molecular complexity index is 159. The first-order valence-corrected chi connectivity index (χ1v) is 6.21. The number of nitrogens with two attached hydrogens (primary N) is 1. The van der Waals surface area contributed by atoms with Crippen molar-refractivity contribution in [3.05, 3.63) is 0 Å². The normalized spacial score (nSPS) is 27.9. The second kappa shape index (κ2) is 4.67. The smallest absolute Gasteiger partial charge is 0.0235 e. The number of thioether (sulfide) groups is 1. The van der Waals surface area contributed by atoms with Gasteiger partial charge in [0.2, 0.25) is 0 Å². The molecule has 1 aliphatic heterocycles. The highest BCUT2D eigenvalue weighted by molar-refractivity contribution is 7.99. The van der Waals surface area contributed by atoms with Crippen LogP contribution in [0.5, 0.6) is 0 Å². The van der Waals surface area contributed by atoms with Crippen molar-refractivity contribution in [3.63, 3.8) is 0 Å². The average molecular weight is 202 g/mol. The third-order valence-electron chi connectivity index (χ3n) is 3.08. The molecule has 2 nitrogen and oxygen atoms in total. The molecular formula is C10H22N2S. The van der Waals surface area contributed by atoms with Crippen LogP contribution in [0.2, 0.25) is 0 Å². The van der Waals surface area contributed by atoms with Crippen LogP contribution in [0.3, 0.4) is 0 Å². The summed E-state index contributed by atoms with van der Waals surface area (Å²) < 4.78 is 0. The minimum Gasteiger partial charge on any atom is -0.329 e. The molecule has 0 aromatic rings. The van der Waals surface area contributed by atoms with E-state index in [0.717, 1.165) is 13.1 Å². The molecule has 1 aliphatic rings. The average Bonchev–Trinajstić information content (AvgIpc) is 2.03. The summed E-state index contributed by atoms with van der Waals surface area (Å²) in [5.74, 6) is 2.59. The van der Waals surface area contributed by atoms with Crippen molar-refractivity contribution >= 4 is 11.8 Å². The second-order valence-corrected chi connectivity index (χ2v) is 5.75. The van der Waals surface area contributed by atoms with Crippen LogP contribution in [0, 0.1) is 5.41 Å². The molecule has 0 bridgehead atoms. The summed E-state index contributed by atoms with van der Waals surface area (Å²) in [6, 6.07) is 0.704. The van der Waals surface area contributed by atoms with Gasteiger partial charge in [-0.25, -0.2) is 0 Å². The lowest BCUT2D eigenvalue weighted by Crippen LogP contribution is -2.48. The van der Waals surface area contributed by atoms with Gasteiger partial charge in [0.25, 0.3) is 0 Å². The van der Waals surface area contributed by atoms with Gasteiger partial charge in [0.15, 0.2) is 0 Å². The number of likely N-dealkylation sites (N-methyl/N-ethyl adjacent to an activating group) is 1. The van der Waals surface area contributed by atoms with Gasteiger partial charge in [-0.3, -0.25) is 0 Å². The van der Waals surface area contributed by atoms with Gasteiger partial charge < -0.3 is 10.6 Å². The molecule has 1 atom stereocenters. The topological polar surface area (TPSA) is 29.3 Å². The van der Waals surface area contributed by atoms with Gasteiger partial charge in [-0.2, -0.15) is 11.8 Å². The minimum absolute atomic E-state index is 0.467. The molecule has 0 radical (unpaired) electrons. The molecular weight excluding hydrogens is 180 g/mol. The third kappa shape index (κ3) is 2.86. The fourth-order valence-electron chi connectivity index (χ4n) is 2.01. The summed E-state index contributed by atoms with van der Waals surface area (Å²) in [7, 11) is 2.20. The van der Waals surface area contributed by atoms with Gasteiger partial charge in [-0.1, -0.05) is 13.8 Å². The molecule has 1 unspecified atom stereocenters. The predicted octanol–water partition coefficient (Wildman–Crippen LogP) is 1.41. The van der Waals surface area contributed by atoms with E-state index in [1.54, 1.807) is 0 Å².